The maximum Gasteiger partial charge on any atom is 0.241 e. The Morgan fingerprint density at radius 3 is 2.75 bits per heavy atom. The molecule has 1 aliphatic rings. The molecule has 2 N–H and O–H groups in total. The van der Waals surface area contributed by atoms with E-state index >= 15 is 0 Å². The van der Waals surface area contributed by atoms with Crippen molar-refractivity contribution in [2.45, 2.75) is 32.7 Å². The van der Waals surface area contributed by atoms with Crippen molar-refractivity contribution in [1.82, 2.24) is 24.5 Å². The van der Waals surface area contributed by atoms with Gasteiger partial charge in [-0.05, 0) is 18.8 Å². The average molecular weight is 273 g/mol. The smallest absolute Gasteiger partial charge is 0.241 e. The van der Waals surface area contributed by atoms with Gasteiger partial charge in [0.05, 0.1) is 0 Å². The molecule has 0 aliphatic heterocycles. The molecule has 2 aromatic heterocycles. The highest BCUT2D eigenvalue weighted by Gasteiger charge is 2.31. The Balaban J connectivity index is 1.95. The molecule has 0 spiro atoms. The van der Waals surface area contributed by atoms with Gasteiger partial charge in [-0.25, -0.2) is 4.98 Å². The fraction of sp³-hybridized carbons (Fsp3) is 0.538. The van der Waals surface area contributed by atoms with E-state index in [0.717, 1.165) is 6.54 Å². The number of anilines is 2. The molecule has 0 aromatic carbocycles. The third-order valence-corrected chi connectivity index (χ3v) is 3.17. The van der Waals surface area contributed by atoms with Gasteiger partial charge < -0.3 is 10.6 Å². The van der Waals surface area contributed by atoms with Gasteiger partial charge in [-0.15, -0.1) is 0 Å². The maximum absolute atomic E-state index is 5.83. The van der Waals surface area contributed by atoms with E-state index in [1.807, 2.05) is 0 Å². The first kappa shape index (κ1) is 12.8. The molecule has 106 valence electrons. The Kier molecular flexibility index (Phi) is 3.25. The number of aromatic nitrogens is 5. The number of rotatable bonds is 5. The largest absolute Gasteiger partial charge is 0.368 e. The SMILES string of the molecule is CC(C)CN(c1nc(N)nc(-n2ccnc2)n1)C1CC1. The van der Waals surface area contributed by atoms with Gasteiger partial charge >= 0.3 is 0 Å². The number of hydrogen-bond donors (Lipinski definition) is 1. The normalized spacial score (nSPS) is 14.8. The summed E-state index contributed by atoms with van der Waals surface area (Å²) in [6.45, 7) is 5.31. The molecule has 0 bridgehead atoms. The summed E-state index contributed by atoms with van der Waals surface area (Å²) in [5.74, 6) is 1.97. The summed E-state index contributed by atoms with van der Waals surface area (Å²) in [6, 6.07) is 0.537. The van der Waals surface area contributed by atoms with E-state index in [1.54, 1.807) is 23.3 Å². The quantitative estimate of drug-likeness (QED) is 0.882. The molecule has 2 heterocycles. The first-order valence-corrected chi connectivity index (χ1v) is 6.90. The highest BCUT2D eigenvalue weighted by atomic mass is 15.3. The van der Waals surface area contributed by atoms with E-state index < -0.39 is 0 Å². The van der Waals surface area contributed by atoms with Crippen LogP contribution in [0.1, 0.15) is 26.7 Å². The van der Waals surface area contributed by atoms with Crippen molar-refractivity contribution in [2.24, 2.45) is 5.92 Å². The van der Waals surface area contributed by atoms with Crippen LogP contribution >= 0.6 is 0 Å². The Labute approximate surface area is 117 Å². The van der Waals surface area contributed by atoms with Crippen LogP contribution in [0.5, 0.6) is 0 Å². The minimum Gasteiger partial charge on any atom is -0.368 e. The molecular weight excluding hydrogens is 254 g/mol. The molecule has 0 amide bonds. The molecule has 1 saturated carbocycles. The summed E-state index contributed by atoms with van der Waals surface area (Å²) in [4.78, 5) is 19.3. The first-order chi connectivity index (χ1) is 9.63. The Bertz CT molecular complexity index is 574. The van der Waals surface area contributed by atoms with Crippen LogP contribution in [0.25, 0.3) is 5.95 Å². The van der Waals surface area contributed by atoms with E-state index in [2.05, 4.69) is 38.7 Å². The van der Waals surface area contributed by atoms with Crippen molar-refractivity contribution in [2.75, 3.05) is 17.2 Å². The van der Waals surface area contributed by atoms with Crippen molar-refractivity contribution in [3.8, 4) is 5.95 Å². The lowest BCUT2D eigenvalue weighted by atomic mass is 10.2. The second kappa shape index (κ2) is 5.07. The standard InChI is InChI=1S/C13H19N7/c1-9(2)7-20(10-3-4-10)13-17-11(14)16-12(18-13)19-6-5-15-8-19/h5-6,8-10H,3-4,7H2,1-2H3,(H2,14,16,17,18). The lowest BCUT2D eigenvalue weighted by Crippen LogP contribution is -2.32. The Morgan fingerprint density at radius 1 is 1.35 bits per heavy atom. The van der Waals surface area contributed by atoms with Gasteiger partial charge in [0, 0.05) is 25.0 Å². The second-order valence-corrected chi connectivity index (χ2v) is 5.54. The molecule has 1 fully saturated rings. The molecule has 0 radical (unpaired) electrons. The van der Waals surface area contributed by atoms with Crippen LogP contribution in [0.15, 0.2) is 18.7 Å². The highest BCUT2D eigenvalue weighted by Crippen LogP contribution is 2.30. The molecule has 0 unspecified atom stereocenters. The minimum atomic E-state index is 0.244. The zero-order valence-electron chi connectivity index (χ0n) is 11.8. The van der Waals surface area contributed by atoms with Crippen molar-refractivity contribution >= 4 is 11.9 Å². The van der Waals surface area contributed by atoms with Gasteiger partial charge in [-0.2, -0.15) is 15.0 Å². The third kappa shape index (κ3) is 2.71. The molecule has 7 nitrogen and oxygen atoms in total. The van der Waals surface area contributed by atoms with Gasteiger partial charge in [0.25, 0.3) is 0 Å². The second-order valence-electron chi connectivity index (χ2n) is 5.54. The Morgan fingerprint density at radius 2 is 2.15 bits per heavy atom. The molecule has 20 heavy (non-hydrogen) atoms. The van der Waals surface area contributed by atoms with Crippen LogP contribution in [0.2, 0.25) is 0 Å². The summed E-state index contributed by atoms with van der Waals surface area (Å²) >= 11 is 0. The lowest BCUT2D eigenvalue weighted by Gasteiger charge is -2.24. The van der Waals surface area contributed by atoms with E-state index in [9.17, 15) is 0 Å². The minimum absolute atomic E-state index is 0.244. The average Bonchev–Trinajstić information content (AvgIpc) is 3.08. The summed E-state index contributed by atoms with van der Waals surface area (Å²) in [7, 11) is 0. The maximum atomic E-state index is 5.83. The topological polar surface area (TPSA) is 85.8 Å². The van der Waals surface area contributed by atoms with Crippen LogP contribution in [-0.4, -0.2) is 37.1 Å². The summed E-state index contributed by atoms with van der Waals surface area (Å²) in [5, 5.41) is 0. The predicted molar refractivity (Wildman–Crippen MR) is 76.6 cm³/mol. The van der Waals surface area contributed by atoms with Crippen molar-refractivity contribution in [3.05, 3.63) is 18.7 Å². The molecule has 0 atom stereocenters. The van der Waals surface area contributed by atoms with E-state index in [0.29, 0.717) is 23.9 Å². The predicted octanol–water partition coefficient (Wildman–Crippen LogP) is 1.26. The summed E-state index contributed by atoms with van der Waals surface area (Å²) in [5.41, 5.74) is 5.83. The highest BCUT2D eigenvalue weighted by molar-refractivity contribution is 5.40. The first-order valence-electron chi connectivity index (χ1n) is 6.90. The van der Waals surface area contributed by atoms with Gasteiger partial charge in [-0.3, -0.25) is 4.57 Å². The Hall–Kier alpha value is -2.18. The van der Waals surface area contributed by atoms with Crippen molar-refractivity contribution in [3.63, 3.8) is 0 Å². The number of imidazole rings is 1. The van der Waals surface area contributed by atoms with Gasteiger partial charge in [0.1, 0.15) is 6.33 Å². The molecular formula is C13H19N7. The number of nitrogen functional groups attached to an aromatic ring is 1. The zero-order valence-corrected chi connectivity index (χ0v) is 11.8. The fourth-order valence-corrected chi connectivity index (χ4v) is 2.16. The van der Waals surface area contributed by atoms with Crippen LogP contribution in [0, 0.1) is 5.92 Å². The molecule has 1 aliphatic carbocycles. The van der Waals surface area contributed by atoms with Gasteiger partial charge in [0.2, 0.25) is 17.8 Å². The zero-order chi connectivity index (χ0) is 14.1. The van der Waals surface area contributed by atoms with Gasteiger partial charge in [-0.1, -0.05) is 13.8 Å². The molecule has 7 heteroatoms. The van der Waals surface area contributed by atoms with Crippen molar-refractivity contribution < 1.29 is 0 Å². The molecule has 0 saturated heterocycles. The van der Waals surface area contributed by atoms with Crippen molar-refractivity contribution in [1.29, 1.82) is 0 Å². The monoisotopic (exact) mass is 273 g/mol. The van der Waals surface area contributed by atoms with Crippen LogP contribution in [0.3, 0.4) is 0 Å². The fourth-order valence-electron chi connectivity index (χ4n) is 2.16. The van der Waals surface area contributed by atoms with Crippen LogP contribution in [-0.2, 0) is 0 Å². The van der Waals surface area contributed by atoms with Crippen LogP contribution < -0.4 is 10.6 Å². The third-order valence-electron chi connectivity index (χ3n) is 3.17. The van der Waals surface area contributed by atoms with Gasteiger partial charge in [0.15, 0.2) is 0 Å². The summed E-state index contributed by atoms with van der Waals surface area (Å²) in [6.07, 6.45) is 7.52. The molecule has 3 rings (SSSR count). The van der Waals surface area contributed by atoms with Crippen LogP contribution in [0.4, 0.5) is 11.9 Å². The lowest BCUT2D eigenvalue weighted by molar-refractivity contribution is 0.595. The van der Waals surface area contributed by atoms with E-state index in [-0.39, 0.29) is 5.95 Å². The van der Waals surface area contributed by atoms with E-state index in [1.165, 1.54) is 12.8 Å². The van der Waals surface area contributed by atoms with E-state index in [4.69, 9.17) is 5.73 Å². The molecule has 2 aromatic rings. The number of nitrogens with zero attached hydrogens (tertiary/aromatic N) is 6. The number of hydrogen-bond acceptors (Lipinski definition) is 6. The summed E-state index contributed by atoms with van der Waals surface area (Å²) < 4.78 is 1.74. The number of nitrogens with two attached hydrogens (primary N) is 1.